The third kappa shape index (κ3) is 4.99. The molecule has 0 atom stereocenters. The summed E-state index contributed by atoms with van der Waals surface area (Å²) in [6.45, 7) is 0. The lowest BCUT2D eigenvalue weighted by Crippen LogP contribution is -1.93. The number of hydrogen-bond acceptors (Lipinski definition) is 1. The first-order valence-corrected chi connectivity index (χ1v) is 19.5. The Hall–Kier alpha value is -7.62. The predicted molar refractivity (Wildman–Crippen MR) is 239 cm³/mol. The fourth-order valence-electron chi connectivity index (χ4n) is 9.00. The lowest BCUT2D eigenvalue weighted by molar-refractivity contribution is 0.669. The second-order valence-electron chi connectivity index (χ2n) is 14.9. The molecule has 0 saturated heterocycles. The summed E-state index contributed by atoms with van der Waals surface area (Å²) >= 11 is 0. The minimum atomic E-state index is 0.906. The number of hydrogen-bond donors (Lipinski definition) is 0. The maximum Gasteiger partial charge on any atom is 0.135 e. The molecule has 0 aliphatic carbocycles. The van der Waals surface area contributed by atoms with Crippen molar-refractivity contribution in [2.45, 2.75) is 0 Å². The van der Waals surface area contributed by atoms with Gasteiger partial charge in [0.15, 0.2) is 0 Å². The molecule has 0 spiro atoms. The van der Waals surface area contributed by atoms with Crippen LogP contribution in [0.1, 0.15) is 0 Å². The second-order valence-corrected chi connectivity index (χ2v) is 14.9. The molecule has 12 rings (SSSR count). The lowest BCUT2D eigenvalue weighted by atomic mass is 9.98. The quantitative estimate of drug-likeness (QED) is 0.173. The molecule has 3 nitrogen and oxygen atoms in total. The molecule has 0 saturated carbocycles. The highest BCUT2D eigenvalue weighted by molar-refractivity contribution is 6.12. The molecule has 57 heavy (non-hydrogen) atoms. The van der Waals surface area contributed by atoms with Crippen LogP contribution in [0.3, 0.4) is 0 Å². The summed E-state index contributed by atoms with van der Waals surface area (Å²) in [7, 11) is 0. The molecule has 9 aromatic carbocycles. The summed E-state index contributed by atoms with van der Waals surface area (Å²) in [5.74, 6) is 0. The van der Waals surface area contributed by atoms with Gasteiger partial charge in [-0.25, -0.2) is 0 Å². The standard InChI is InChI=1S/C54H34N2O/c1-2-10-35(11-3-1)36-22-26-41(27-23-36)55-49-15-7-4-12-43(49)46-32-39(24-29-51(46)55)37-18-20-38(21-19-37)40-25-30-52-47(33-40)44-13-5-8-16-50(44)56(52)42-28-31-54-48(34-42)45-14-6-9-17-53(45)57-54/h1-34H. The molecule has 0 aliphatic heterocycles. The van der Waals surface area contributed by atoms with Crippen molar-refractivity contribution >= 4 is 65.6 Å². The summed E-state index contributed by atoms with van der Waals surface area (Å²) in [5.41, 5.74) is 16.1. The van der Waals surface area contributed by atoms with Gasteiger partial charge in [0, 0.05) is 43.7 Å². The largest absolute Gasteiger partial charge is 0.456 e. The molecular formula is C54H34N2O. The number of fused-ring (bicyclic) bond motifs is 9. The Balaban J connectivity index is 0.908. The van der Waals surface area contributed by atoms with Crippen molar-refractivity contribution in [3.63, 3.8) is 0 Å². The van der Waals surface area contributed by atoms with Crippen molar-refractivity contribution in [3.05, 3.63) is 206 Å². The van der Waals surface area contributed by atoms with Gasteiger partial charge in [-0.3, -0.25) is 0 Å². The van der Waals surface area contributed by atoms with E-state index in [1.165, 1.54) is 77.0 Å². The highest BCUT2D eigenvalue weighted by atomic mass is 16.3. The van der Waals surface area contributed by atoms with E-state index < -0.39 is 0 Å². The van der Waals surface area contributed by atoms with Crippen LogP contribution in [0, 0.1) is 0 Å². The van der Waals surface area contributed by atoms with Gasteiger partial charge in [-0.05, 0) is 106 Å². The predicted octanol–water partition coefficient (Wildman–Crippen LogP) is 14.8. The maximum absolute atomic E-state index is 6.16. The minimum absolute atomic E-state index is 0.906. The van der Waals surface area contributed by atoms with Crippen molar-refractivity contribution in [1.82, 2.24) is 9.13 Å². The summed E-state index contributed by atoms with van der Waals surface area (Å²) in [6, 6.07) is 74.5. The summed E-state index contributed by atoms with van der Waals surface area (Å²) in [6.07, 6.45) is 0. The third-order valence-corrected chi connectivity index (χ3v) is 11.7. The number of benzene rings is 9. The Labute approximate surface area is 328 Å². The van der Waals surface area contributed by atoms with Crippen molar-refractivity contribution in [3.8, 4) is 44.8 Å². The summed E-state index contributed by atoms with van der Waals surface area (Å²) in [5, 5.41) is 7.25. The zero-order valence-corrected chi connectivity index (χ0v) is 30.9. The van der Waals surface area contributed by atoms with E-state index in [2.05, 4.69) is 203 Å². The van der Waals surface area contributed by atoms with E-state index in [1.807, 2.05) is 12.1 Å². The van der Waals surface area contributed by atoms with E-state index in [1.54, 1.807) is 0 Å². The zero-order valence-electron chi connectivity index (χ0n) is 30.9. The van der Waals surface area contributed by atoms with Gasteiger partial charge < -0.3 is 13.6 Å². The van der Waals surface area contributed by atoms with E-state index in [4.69, 9.17) is 4.42 Å². The van der Waals surface area contributed by atoms with Crippen LogP contribution in [0.15, 0.2) is 211 Å². The Kier molecular flexibility index (Phi) is 6.93. The fraction of sp³-hybridized carbons (Fsp3) is 0. The van der Waals surface area contributed by atoms with Crippen LogP contribution in [0.5, 0.6) is 0 Å². The fourth-order valence-corrected chi connectivity index (χ4v) is 9.00. The van der Waals surface area contributed by atoms with Gasteiger partial charge in [-0.15, -0.1) is 0 Å². The van der Waals surface area contributed by atoms with Gasteiger partial charge in [0.2, 0.25) is 0 Å². The normalized spacial score (nSPS) is 11.9. The number of para-hydroxylation sites is 3. The van der Waals surface area contributed by atoms with E-state index >= 15 is 0 Å². The van der Waals surface area contributed by atoms with Gasteiger partial charge in [-0.2, -0.15) is 0 Å². The molecule has 0 amide bonds. The van der Waals surface area contributed by atoms with E-state index in [0.29, 0.717) is 0 Å². The van der Waals surface area contributed by atoms with Gasteiger partial charge >= 0.3 is 0 Å². The minimum Gasteiger partial charge on any atom is -0.456 e. The first kappa shape index (κ1) is 31.7. The van der Waals surface area contributed by atoms with Crippen molar-refractivity contribution in [1.29, 1.82) is 0 Å². The second kappa shape index (κ2) is 12.5. The van der Waals surface area contributed by atoms with E-state index in [0.717, 1.165) is 33.3 Å². The molecule has 3 aromatic heterocycles. The molecule has 0 unspecified atom stereocenters. The number of furan rings is 1. The number of aromatic nitrogens is 2. The zero-order chi connectivity index (χ0) is 37.5. The Morgan fingerprint density at radius 1 is 0.246 bits per heavy atom. The molecule has 3 heteroatoms. The van der Waals surface area contributed by atoms with Crippen LogP contribution in [-0.4, -0.2) is 9.13 Å². The molecule has 0 aliphatic rings. The molecule has 0 fully saturated rings. The molecule has 0 bridgehead atoms. The van der Waals surface area contributed by atoms with Crippen LogP contribution < -0.4 is 0 Å². The van der Waals surface area contributed by atoms with Crippen molar-refractivity contribution in [2.24, 2.45) is 0 Å². The first-order valence-electron chi connectivity index (χ1n) is 19.5. The smallest absolute Gasteiger partial charge is 0.135 e. The van der Waals surface area contributed by atoms with Crippen LogP contribution in [0.2, 0.25) is 0 Å². The van der Waals surface area contributed by atoms with Gasteiger partial charge in [0.05, 0.1) is 22.1 Å². The lowest BCUT2D eigenvalue weighted by Gasteiger charge is -2.10. The van der Waals surface area contributed by atoms with E-state index in [9.17, 15) is 0 Å². The average Bonchev–Trinajstić information content (AvgIpc) is 3.94. The Bertz CT molecular complexity index is 3490. The molecule has 12 aromatic rings. The first-order chi connectivity index (χ1) is 28.2. The average molecular weight is 727 g/mol. The molecule has 0 N–H and O–H groups in total. The summed E-state index contributed by atoms with van der Waals surface area (Å²) in [4.78, 5) is 0. The highest BCUT2D eigenvalue weighted by Crippen LogP contribution is 2.39. The van der Waals surface area contributed by atoms with Crippen LogP contribution in [0.25, 0.3) is 110 Å². The van der Waals surface area contributed by atoms with Gasteiger partial charge in [0.1, 0.15) is 11.2 Å². The maximum atomic E-state index is 6.16. The van der Waals surface area contributed by atoms with Gasteiger partial charge in [0.25, 0.3) is 0 Å². The number of nitrogens with zero attached hydrogens (tertiary/aromatic N) is 2. The van der Waals surface area contributed by atoms with Crippen LogP contribution in [-0.2, 0) is 0 Å². The monoisotopic (exact) mass is 726 g/mol. The summed E-state index contributed by atoms with van der Waals surface area (Å²) < 4.78 is 10.9. The number of rotatable bonds is 5. The van der Waals surface area contributed by atoms with Crippen molar-refractivity contribution in [2.75, 3.05) is 0 Å². The highest BCUT2D eigenvalue weighted by Gasteiger charge is 2.17. The molecule has 266 valence electrons. The van der Waals surface area contributed by atoms with Gasteiger partial charge in [-0.1, -0.05) is 133 Å². The Morgan fingerprint density at radius 3 is 1.30 bits per heavy atom. The SMILES string of the molecule is c1ccc(-c2ccc(-n3c4ccccc4c4cc(-c5ccc(-c6ccc7c(c6)c6ccccc6n7-c6ccc7oc8ccccc8c7c6)cc5)ccc43)cc2)cc1. The van der Waals surface area contributed by atoms with Crippen LogP contribution >= 0.6 is 0 Å². The molecule has 3 heterocycles. The molecular weight excluding hydrogens is 693 g/mol. The topological polar surface area (TPSA) is 23.0 Å². The third-order valence-electron chi connectivity index (χ3n) is 11.7. The van der Waals surface area contributed by atoms with Crippen LogP contribution in [0.4, 0.5) is 0 Å². The molecule has 0 radical (unpaired) electrons. The van der Waals surface area contributed by atoms with Crippen molar-refractivity contribution < 1.29 is 4.42 Å². The van der Waals surface area contributed by atoms with E-state index in [-0.39, 0.29) is 0 Å². The Morgan fingerprint density at radius 2 is 0.667 bits per heavy atom.